The Hall–Kier alpha value is -4.15. The maximum absolute atomic E-state index is 12.4. The zero-order chi connectivity index (χ0) is 23.5. The molecule has 0 radical (unpaired) electrons. The third-order valence-electron chi connectivity index (χ3n) is 4.55. The Bertz CT molecular complexity index is 1460. The van der Waals surface area contributed by atoms with Gasteiger partial charge < -0.3 is 20.9 Å². The van der Waals surface area contributed by atoms with E-state index < -0.39 is 16.5 Å². The van der Waals surface area contributed by atoms with E-state index in [2.05, 4.69) is 25.9 Å². The number of aromatic nitrogens is 2. The number of non-ortho nitro benzene ring substituents is 1. The molecule has 33 heavy (non-hydrogen) atoms. The molecule has 2 amide bonds. The number of carbonyl (C=O) groups excluding carboxylic acids is 1. The molecule has 0 bridgehead atoms. The summed E-state index contributed by atoms with van der Waals surface area (Å²) in [6, 6.07) is 13.5. The predicted octanol–water partition coefficient (Wildman–Crippen LogP) is 5.53. The van der Waals surface area contributed by atoms with Gasteiger partial charge in [0.15, 0.2) is 5.52 Å². The number of halogens is 2. The normalized spacial score (nSPS) is 10.6. The van der Waals surface area contributed by atoms with Crippen molar-refractivity contribution in [3.8, 4) is 0 Å². The number of hydrogen-bond donors (Lipinski definition) is 4. The molecule has 4 N–H and O–H groups in total. The van der Waals surface area contributed by atoms with E-state index in [-0.39, 0.29) is 16.6 Å². The van der Waals surface area contributed by atoms with Crippen molar-refractivity contribution in [1.82, 2.24) is 9.97 Å². The zero-order valence-electron chi connectivity index (χ0n) is 16.6. The van der Waals surface area contributed by atoms with E-state index in [9.17, 15) is 19.7 Å². The second-order valence-corrected chi connectivity index (χ2v) is 7.60. The van der Waals surface area contributed by atoms with Crippen LogP contribution in [0.2, 0.25) is 10.0 Å². The molecule has 166 valence electrons. The van der Waals surface area contributed by atoms with Gasteiger partial charge in [-0.05, 0) is 42.5 Å². The van der Waals surface area contributed by atoms with Crippen molar-refractivity contribution in [2.45, 2.75) is 0 Å². The summed E-state index contributed by atoms with van der Waals surface area (Å²) in [5, 5.41) is 20.4. The summed E-state index contributed by atoms with van der Waals surface area (Å²) in [7, 11) is 0. The van der Waals surface area contributed by atoms with Gasteiger partial charge in [-0.3, -0.25) is 14.9 Å². The molecule has 0 atom stereocenters. The fraction of sp³-hybridized carbons (Fsp3) is 0. The summed E-state index contributed by atoms with van der Waals surface area (Å²) in [5.41, 5.74) is 0.769. The number of hydrogen-bond acceptors (Lipinski definition) is 6. The average molecular weight is 485 g/mol. The van der Waals surface area contributed by atoms with E-state index in [1.165, 1.54) is 18.2 Å². The molecule has 0 aliphatic carbocycles. The van der Waals surface area contributed by atoms with Gasteiger partial charge in [-0.2, -0.15) is 0 Å². The van der Waals surface area contributed by atoms with Gasteiger partial charge in [0.1, 0.15) is 0 Å². The molecule has 3 aromatic carbocycles. The highest BCUT2D eigenvalue weighted by Crippen LogP contribution is 2.30. The first-order valence-corrected chi connectivity index (χ1v) is 10.1. The number of H-pyrrole nitrogens is 1. The highest BCUT2D eigenvalue weighted by molar-refractivity contribution is 6.35. The van der Waals surface area contributed by atoms with Crippen LogP contribution in [0.5, 0.6) is 0 Å². The average Bonchev–Trinajstić information content (AvgIpc) is 2.76. The summed E-state index contributed by atoms with van der Waals surface area (Å²) < 4.78 is 0. The number of anilines is 4. The van der Waals surface area contributed by atoms with Crippen molar-refractivity contribution in [1.29, 1.82) is 0 Å². The van der Waals surface area contributed by atoms with Crippen molar-refractivity contribution in [2.75, 3.05) is 16.0 Å². The molecule has 1 heterocycles. The van der Waals surface area contributed by atoms with Crippen LogP contribution in [0.4, 0.5) is 33.2 Å². The Morgan fingerprint density at radius 3 is 2.58 bits per heavy atom. The molecule has 1 aromatic heterocycles. The summed E-state index contributed by atoms with van der Waals surface area (Å²) >= 11 is 12.0. The number of carbonyl (C=O) groups is 1. The molecule has 4 rings (SSSR count). The van der Waals surface area contributed by atoms with Crippen molar-refractivity contribution >= 4 is 68.6 Å². The van der Waals surface area contributed by atoms with Gasteiger partial charge in [0.2, 0.25) is 0 Å². The second kappa shape index (κ2) is 9.15. The summed E-state index contributed by atoms with van der Waals surface area (Å²) in [5.74, 6) is 0. The highest BCUT2D eigenvalue weighted by Gasteiger charge is 2.18. The smallest absolute Gasteiger partial charge is 0.323 e. The molecular formula is C21H14Cl2N6O4. The molecule has 0 aliphatic rings. The zero-order valence-corrected chi connectivity index (χ0v) is 18.1. The maximum atomic E-state index is 12.4. The summed E-state index contributed by atoms with van der Waals surface area (Å²) in [6.45, 7) is 0. The lowest BCUT2D eigenvalue weighted by atomic mass is 10.1. The van der Waals surface area contributed by atoms with Crippen LogP contribution in [0, 0.1) is 10.1 Å². The van der Waals surface area contributed by atoms with E-state index in [4.69, 9.17) is 23.2 Å². The lowest BCUT2D eigenvalue weighted by Crippen LogP contribution is -2.19. The molecular weight excluding hydrogens is 471 g/mol. The number of nitro groups is 1. The minimum absolute atomic E-state index is 0.0402. The molecule has 0 fully saturated rings. The molecule has 0 unspecified atom stereocenters. The Morgan fingerprint density at radius 1 is 1.00 bits per heavy atom. The Labute approximate surface area is 195 Å². The van der Waals surface area contributed by atoms with Crippen LogP contribution < -0.4 is 21.5 Å². The first kappa shape index (κ1) is 22.1. The fourth-order valence-electron chi connectivity index (χ4n) is 3.13. The monoisotopic (exact) mass is 484 g/mol. The third-order valence-corrected chi connectivity index (χ3v) is 5.11. The van der Waals surface area contributed by atoms with Crippen LogP contribution in [0.15, 0.2) is 65.7 Å². The first-order chi connectivity index (χ1) is 15.8. The minimum Gasteiger partial charge on any atom is -0.355 e. The Kier molecular flexibility index (Phi) is 6.11. The quantitative estimate of drug-likeness (QED) is 0.216. The molecule has 0 saturated heterocycles. The van der Waals surface area contributed by atoms with E-state index in [0.717, 1.165) is 6.33 Å². The number of nitro benzene ring substituents is 1. The van der Waals surface area contributed by atoms with Gasteiger partial charge in [-0.15, -0.1) is 0 Å². The molecule has 0 aliphatic heterocycles. The number of urea groups is 1. The molecule has 12 heteroatoms. The van der Waals surface area contributed by atoms with Crippen molar-refractivity contribution in [2.24, 2.45) is 0 Å². The largest absolute Gasteiger partial charge is 0.355 e. The van der Waals surface area contributed by atoms with Crippen LogP contribution in [-0.4, -0.2) is 20.9 Å². The van der Waals surface area contributed by atoms with Crippen LogP contribution >= 0.6 is 23.2 Å². The van der Waals surface area contributed by atoms with Gasteiger partial charge in [0.25, 0.3) is 11.2 Å². The molecule has 0 saturated carbocycles. The third kappa shape index (κ3) is 4.86. The van der Waals surface area contributed by atoms with Crippen LogP contribution in [0.25, 0.3) is 10.9 Å². The van der Waals surface area contributed by atoms with E-state index in [1.807, 2.05) is 0 Å². The first-order valence-electron chi connectivity index (χ1n) is 9.37. The SMILES string of the molecule is O=C(Nc1cccc(Nc2ccc([N+](=O)[O-])c3nc[nH]c(=O)c23)c1)Nc1cc(Cl)ccc1Cl. The number of nitrogens with zero attached hydrogens (tertiary/aromatic N) is 2. The van der Waals surface area contributed by atoms with Crippen molar-refractivity contribution in [3.05, 3.63) is 91.4 Å². The number of nitrogens with one attached hydrogen (secondary N) is 4. The van der Waals surface area contributed by atoms with Gasteiger partial charge in [-0.25, -0.2) is 9.78 Å². The lowest BCUT2D eigenvalue weighted by Gasteiger charge is -2.12. The van der Waals surface area contributed by atoms with Gasteiger partial charge in [-0.1, -0.05) is 29.3 Å². The van der Waals surface area contributed by atoms with Crippen LogP contribution in [0.3, 0.4) is 0 Å². The highest BCUT2D eigenvalue weighted by atomic mass is 35.5. The summed E-state index contributed by atoms with van der Waals surface area (Å²) in [4.78, 5) is 41.8. The molecule has 4 aromatic rings. The van der Waals surface area contributed by atoms with E-state index in [0.29, 0.717) is 32.8 Å². The Morgan fingerprint density at radius 2 is 1.79 bits per heavy atom. The fourth-order valence-corrected chi connectivity index (χ4v) is 3.46. The molecule has 10 nitrogen and oxygen atoms in total. The van der Waals surface area contributed by atoms with Crippen molar-refractivity contribution < 1.29 is 9.72 Å². The van der Waals surface area contributed by atoms with Crippen molar-refractivity contribution in [3.63, 3.8) is 0 Å². The number of aromatic amines is 1. The second-order valence-electron chi connectivity index (χ2n) is 6.75. The number of amides is 2. The molecule has 0 spiro atoms. The summed E-state index contributed by atoms with van der Waals surface area (Å²) in [6.07, 6.45) is 1.11. The number of rotatable bonds is 5. The van der Waals surface area contributed by atoms with E-state index >= 15 is 0 Å². The predicted molar refractivity (Wildman–Crippen MR) is 128 cm³/mol. The lowest BCUT2D eigenvalue weighted by molar-refractivity contribution is -0.383. The maximum Gasteiger partial charge on any atom is 0.323 e. The minimum atomic E-state index is -0.603. The van der Waals surface area contributed by atoms with E-state index in [1.54, 1.807) is 36.4 Å². The topological polar surface area (TPSA) is 142 Å². The van der Waals surface area contributed by atoms with Crippen LogP contribution in [0.1, 0.15) is 0 Å². The van der Waals surface area contributed by atoms with Gasteiger partial charge >= 0.3 is 6.03 Å². The Balaban J connectivity index is 1.58. The number of benzene rings is 3. The van der Waals surface area contributed by atoms with Gasteiger partial charge in [0, 0.05) is 22.5 Å². The van der Waals surface area contributed by atoms with Crippen LogP contribution in [-0.2, 0) is 0 Å². The standard InChI is InChI=1S/C21H14Cl2N6O4/c22-11-4-5-14(23)16(8-11)28-21(31)27-13-3-1-2-12(9-13)26-15-6-7-17(29(32)33)19-18(15)20(30)25-10-24-19/h1-10,26H,(H,24,25,30)(H2,27,28,31). The van der Waals surface area contributed by atoms with Gasteiger partial charge in [0.05, 0.1) is 33.0 Å². The number of fused-ring (bicyclic) bond motifs is 1.